The Bertz CT molecular complexity index is 212. The third kappa shape index (κ3) is 3.19. The lowest BCUT2D eigenvalue weighted by atomic mass is 10.0. The SMILES string of the molecule is CC1(C)CCCN1CCCN1CCOCC1. The van der Waals surface area contributed by atoms with Gasteiger partial charge in [0.1, 0.15) is 0 Å². The Kier molecular flexibility index (Phi) is 4.22. The Balaban J connectivity index is 1.63. The van der Waals surface area contributed by atoms with Crippen molar-refractivity contribution in [1.82, 2.24) is 9.80 Å². The summed E-state index contributed by atoms with van der Waals surface area (Å²) in [4.78, 5) is 5.19. The number of ether oxygens (including phenoxy) is 1. The van der Waals surface area contributed by atoms with Gasteiger partial charge in [-0.2, -0.15) is 0 Å². The first-order chi connectivity index (χ1) is 7.68. The third-order valence-corrected chi connectivity index (χ3v) is 4.08. The van der Waals surface area contributed by atoms with E-state index < -0.39 is 0 Å². The lowest BCUT2D eigenvalue weighted by Gasteiger charge is -2.33. The van der Waals surface area contributed by atoms with Crippen molar-refractivity contribution < 1.29 is 4.74 Å². The molecule has 0 unspecified atom stereocenters. The van der Waals surface area contributed by atoms with Crippen molar-refractivity contribution in [2.75, 3.05) is 45.9 Å². The summed E-state index contributed by atoms with van der Waals surface area (Å²) in [6.45, 7) is 12.7. The van der Waals surface area contributed by atoms with E-state index in [0.717, 1.165) is 26.3 Å². The highest BCUT2D eigenvalue weighted by atomic mass is 16.5. The topological polar surface area (TPSA) is 15.7 Å². The number of hydrogen-bond donors (Lipinski definition) is 0. The van der Waals surface area contributed by atoms with Gasteiger partial charge >= 0.3 is 0 Å². The molecule has 2 rings (SSSR count). The highest BCUT2D eigenvalue weighted by Gasteiger charge is 2.31. The molecule has 2 heterocycles. The van der Waals surface area contributed by atoms with Gasteiger partial charge in [-0.3, -0.25) is 9.80 Å². The minimum atomic E-state index is 0.449. The van der Waals surface area contributed by atoms with Crippen molar-refractivity contribution in [3.05, 3.63) is 0 Å². The Morgan fingerprint density at radius 1 is 1.06 bits per heavy atom. The zero-order valence-electron chi connectivity index (χ0n) is 10.9. The maximum absolute atomic E-state index is 5.36. The van der Waals surface area contributed by atoms with Crippen LogP contribution in [0.1, 0.15) is 33.1 Å². The van der Waals surface area contributed by atoms with Gasteiger partial charge in [-0.25, -0.2) is 0 Å². The van der Waals surface area contributed by atoms with E-state index in [1.54, 1.807) is 0 Å². The lowest BCUT2D eigenvalue weighted by Crippen LogP contribution is -2.41. The Labute approximate surface area is 99.7 Å². The summed E-state index contributed by atoms with van der Waals surface area (Å²) in [6.07, 6.45) is 4.05. The van der Waals surface area contributed by atoms with Crippen LogP contribution in [0.2, 0.25) is 0 Å². The molecule has 16 heavy (non-hydrogen) atoms. The third-order valence-electron chi connectivity index (χ3n) is 4.08. The molecule has 0 spiro atoms. The van der Waals surface area contributed by atoms with Crippen LogP contribution in [0.5, 0.6) is 0 Å². The van der Waals surface area contributed by atoms with Gasteiger partial charge in [-0.1, -0.05) is 0 Å². The van der Waals surface area contributed by atoms with Gasteiger partial charge in [-0.05, 0) is 52.7 Å². The molecule has 2 saturated heterocycles. The van der Waals surface area contributed by atoms with Gasteiger partial charge in [0.05, 0.1) is 13.2 Å². The van der Waals surface area contributed by atoms with Crippen LogP contribution in [0.15, 0.2) is 0 Å². The van der Waals surface area contributed by atoms with Crippen LogP contribution >= 0.6 is 0 Å². The fourth-order valence-electron chi connectivity index (χ4n) is 2.89. The Hall–Kier alpha value is -0.120. The normalized spacial score (nSPS) is 27.4. The molecule has 0 atom stereocenters. The maximum atomic E-state index is 5.36. The van der Waals surface area contributed by atoms with Crippen molar-refractivity contribution >= 4 is 0 Å². The monoisotopic (exact) mass is 226 g/mol. The summed E-state index contributed by atoms with van der Waals surface area (Å²) in [5, 5.41) is 0. The maximum Gasteiger partial charge on any atom is 0.0594 e. The van der Waals surface area contributed by atoms with Crippen molar-refractivity contribution in [1.29, 1.82) is 0 Å². The first kappa shape index (κ1) is 12.3. The van der Waals surface area contributed by atoms with Gasteiger partial charge in [-0.15, -0.1) is 0 Å². The van der Waals surface area contributed by atoms with E-state index >= 15 is 0 Å². The van der Waals surface area contributed by atoms with E-state index in [0.29, 0.717) is 5.54 Å². The van der Waals surface area contributed by atoms with Crippen LogP contribution < -0.4 is 0 Å². The first-order valence-corrected chi connectivity index (χ1v) is 6.74. The number of nitrogens with zero attached hydrogens (tertiary/aromatic N) is 2. The zero-order valence-corrected chi connectivity index (χ0v) is 10.9. The van der Waals surface area contributed by atoms with Crippen molar-refractivity contribution in [2.24, 2.45) is 0 Å². The predicted molar refractivity (Wildman–Crippen MR) is 66.8 cm³/mol. The second kappa shape index (κ2) is 5.48. The largest absolute Gasteiger partial charge is 0.379 e. The molecule has 2 aliphatic heterocycles. The molecule has 0 amide bonds. The van der Waals surface area contributed by atoms with E-state index in [-0.39, 0.29) is 0 Å². The molecule has 0 bridgehead atoms. The van der Waals surface area contributed by atoms with E-state index in [2.05, 4.69) is 23.6 Å². The van der Waals surface area contributed by atoms with E-state index in [9.17, 15) is 0 Å². The van der Waals surface area contributed by atoms with Gasteiger partial charge in [0, 0.05) is 18.6 Å². The molecule has 0 radical (unpaired) electrons. The quantitative estimate of drug-likeness (QED) is 0.724. The zero-order chi connectivity index (χ0) is 11.4. The van der Waals surface area contributed by atoms with Crippen molar-refractivity contribution in [3.63, 3.8) is 0 Å². The molecule has 2 fully saturated rings. The summed E-state index contributed by atoms with van der Waals surface area (Å²) in [5.74, 6) is 0. The fraction of sp³-hybridized carbons (Fsp3) is 1.00. The summed E-state index contributed by atoms with van der Waals surface area (Å²) < 4.78 is 5.36. The first-order valence-electron chi connectivity index (χ1n) is 6.74. The highest BCUT2D eigenvalue weighted by Crippen LogP contribution is 2.27. The van der Waals surface area contributed by atoms with Crippen LogP contribution in [0.4, 0.5) is 0 Å². The number of hydrogen-bond acceptors (Lipinski definition) is 3. The molecule has 0 N–H and O–H groups in total. The number of rotatable bonds is 4. The molecular formula is C13H26N2O. The summed E-state index contributed by atoms with van der Waals surface area (Å²) in [7, 11) is 0. The molecule has 0 aliphatic carbocycles. The van der Waals surface area contributed by atoms with E-state index in [1.165, 1.54) is 38.9 Å². The average Bonchev–Trinajstić information content (AvgIpc) is 2.60. The molecular weight excluding hydrogens is 200 g/mol. The lowest BCUT2D eigenvalue weighted by molar-refractivity contribution is 0.0350. The summed E-state index contributed by atoms with van der Waals surface area (Å²) >= 11 is 0. The second-order valence-corrected chi connectivity index (χ2v) is 5.71. The van der Waals surface area contributed by atoms with E-state index in [4.69, 9.17) is 4.74 Å². The second-order valence-electron chi connectivity index (χ2n) is 5.71. The molecule has 94 valence electrons. The van der Waals surface area contributed by atoms with Crippen LogP contribution in [0.3, 0.4) is 0 Å². The fourth-order valence-corrected chi connectivity index (χ4v) is 2.89. The van der Waals surface area contributed by atoms with Gasteiger partial charge in [0.2, 0.25) is 0 Å². The number of likely N-dealkylation sites (tertiary alicyclic amines) is 1. The minimum absolute atomic E-state index is 0.449. The minimum Gasteiger partial charge on any atom is -0.379 e. The average molecular weight is 226 g/mol. The molecule has 2 aliphatic rings. The van der Waals surface area contributed by atoms with Crippen molar-refractivity contribution in [2.45, 2.75) is 38.6 Å². The van der Waals surface area contributed by atoms with Gasteiger partial charge < -0.3 is 4.74 Å². The van der Waals surface area contributed by atoms with Gasteiger partial charge in [0.15, 0.2) is 0 Å². The standard InChI is InChI=1S/C13H26N2O/c1-13(2)5-3-7-15(13)8-4-6-14-9-11-16-12-10-14/h3-12H2,1-2H3. The van der Waals surface area contributed by atoms with Gasteiger partial charge in [0.25, 0.3) is 0 Å². The van der Waals surface area contributed by atoms with E-state index in [1.807, 2.05) is 0 Å². The Morgan fingerprint density at radius 3 is 2.44 bits per heavy atom. The van der Waals surface area contributed by atoms with Crippen LogP contribution in [-0.4, -0.2) is 61.3 Å². The molecule has 0 saturated carbocycles. The predicted octanol–water partition coefficient (Wildman–Crippen LogP) is 1.58. The summed E-state index contributed by atoms with van der Waals surface area (Å²) in [5.41, 5.74) is 0.449. The molecule has 0 aromatic heterocycles. The Morgan fingerprint density at radius 2 is 1.81 bits per heavy atom. The smallest absolute Gasteiger partial charge is 0.0594 e. The van der Waals surface area contributed by atoms with Crippen molar-refractivity contribution in [3.8, 4) is 0 Å². The van der Waals surface area contributed by atoms with Crippen LogP contribution in [0.25, 0.3) is 0 Å². The molecule has 3 heteroatoms. The summed E-state index contributed by atoms with van der Waals surface area (Å²) in [6, 6.07) is 0. The highest BCUT2D eigenvalue weighted by molar-refractivity contribution is 4.87. The molecule has 3 nitrogen and oxygen atoms in total. The number of morpholine rings is 1. The molecule has 0 aromatic carbocycles. The van der Waals surface area contributed by atoms with Crippen LogP contribution in [-0.2, 0) is 4.74 Å². The molecule has 0 aromatic rings. The van der Waals surface area contributed by atoms with Crippen LogP contribution in [0, 0.1) is 0 Å².